The van der Waals surface area contributed by atoms with Gasteiger partial charge in [0, 0.05) is 31.5 Å². The number of Topliss-reactive ketones (excluding diaryl/α,β-unsaturated/α-hetero) is 1. The van der Waals surface area contributed by atoms with Gasteiger partial charge in [0.15, 0.2) is 0 Å². The summed E-state index contributed by atoms with van der Waals surface area (Å²) in [5.41, 5.74) is 3.49. The molecule has 3 aromatic heterocycles. The Morgan fingerprint density at radius 1 is 1.10 bits per heavy atom. The molecule has 3 aliphatic rings. The molecule has 0 aromatic carbocycles. The van der Waals surface area contributed by atoms with Gasteiger partial charge >= 0.3 is 0 Å². The lowest BCUT2D eigenvalue weighted by Gasteiger charge is -2.26. The van der Waals surface area contributed by atoms with Crippen LogP contribution in [-0.2, 0) is 4.79 Å². The van der Waals surface area contributed by atoms with Crippen molar-refractivity contribution in [2.75, 3.05) is 17.2 Å². The lowest BCUT2D eigenvalue weighted by Crippen LogP contribution is -2.35. The molecule has 10 heteroatoms. The Bertz CT molecular complexity index is 1430. The van der Waals surface area contributed by atoms with E-state index in [-0.39, 0.29) is 23.5 Å². The van der Waals surface area contributed by atoms with E-state index in [1.54, 1.807) is 11.3 Å². The van der Waals surface area contributed by atoms with Crippen LogP contribution in [0.1, 0.15) is 89.4 Å². The van der Waals surface area contributed by atoms with Crippen molar-refractivity contribution < 1.29 is 15.0 Å². The van der Waals surface area contributed by atoms with Gasteiger partial charge in [-0.15, -0.1) is 11.3 Å². The van der Waals surface area contributed by atoms with Crippen LogP contribution in [0.3, 0.4) is 0 Å². The monoisotopic (exact) mass is 578 g/mol. The van der Waals surface area contributed by atoms with Crippen molar-refractivity contribution in [1.29, 1.82) is 0 Å². The number of hydrogen-bond acceptors (Lipinski definition) is 10. The average molecular weight is 579 g/mol. The average Bonchev–Trinajstić information content (AvgIpc) is 3.57. The zero-order chi connectivity index (χ0) is 28.9. The molecule has 3 aliphatic carbocycles. The maximum Gasteiger partial charge on any atom is 0.224 e. The maximum absolute atomic E-state index is 12.7. The van der Waals surface area contributed by atoms with Gasteiger partial charge in [0.1, 0.15) is 28.2 Å². The third-order valence-electron chi connectivity index (χ3n) is 8.72. The van der Waals surface area contributed by atoms with Crippen LogP contribution in [0.4, 0.5) is 11.8 Å². The van der Waals surface area contributed by atoms with Gasteiger partial charge in [-0.1, -0.05) is 27.2 Å². The van der Waals surface area contributed by atoms with Gasteiger partial charge in [-0.25, -0.2) is 9.97 Å². The van der Waals surface area contributed by atoms with E-state index in [0.29, 0.717) is 36.4 Å². The van der Waals surface area contributed by atoms with Crippen molar-refractivity contribution in [3.05, 3.63) is 23.7 Å². The number of anilines is 2. The molecular weight excluding hydrogens is 536 g/mol. The van der Waals surface area contributed by atoms with Crippen molar-refractivity contribution in [3.63, 3.8) is 0 Å². The second kappa shape index (κ2) is 11.2. The number of carbonyl (C=O) groups is 1. The summed E-state index contributed by atoms with van der Waals surface area (Å²) in [6, 6.07) is 1.55. The number of aliphatic hydroxyl groups excluding tert-OH is 2. The predicted octanol–water partition coefficient (Wildman–Crippen LogP) is 5.46. The molecule has 220 valence electrons. The third kappa shape index (κ3) is 6.24. The van der Waals surface area contributed by atoms with Crippen LogP contribution in [0, 0.1) is 24.2 Å². The number of thiazole rings is 1. The van der Waals surface area contributed by atoms with Crippen LogP contribution in [0.2, 0.25) is 0 Å². The minimum atomic E-state index is -1.02. The first-order valence-corrected chi connectivity index (χ1v) is 15.9. The Morgan fingerprint density at radius 3 is 2.56 bits per heavy atom. The number of aryl methyl sites for hydroxylation is 1. The Labute approximate surface area is 245 Å². The van der Waals surface area contributed by atoms with Crippen LogP contribution >= 0.6 is 11.3 Å². The first kappa shape index (κ1) is 28.4. The fourth-order valence-electron chi connectivity index (χ4n) is 6.18. The number of fused-ring (bicyclic) bond motifs is 1. The summed E-state index contributed by atoms with van der Waals surface area (Å²) in [6.45, 7) is 8.92. The Morgan fingerprint density at radius 2 is 1.88 bits per heavy atom. The number of carbonyl (C=O) groups excluding carboxylic acids is 1. The molecule has 3 heterocycles. The van der Waals surface area contributed by atoms with E-state index in [0.717, 1.165) is 51.6 Å². The van der Waals surface area contributed by atoms with Crippen molar-refractivity contribution in [1.82, 2.24) is 19.9 Å². The Balaban J connectivity index is 1.30. The molecule has 6 rings (SSSR count). The second-order valence-corrected chi connectivity index (χ2v) is 14.6. The summed E-state index contributed by atoms with van der Waals surface area (Å²) < 4.78 is 1.09. The first-order valence-electron chi connectivity index (χ1n) is 15.1. The molecule has 0 saturated heterocycles. The lowest BCUT2D eigenvalue weighted by atomic mass is 9.85. The largest absolute Gasteiger partial charge is 0.390 e. The first-order chi connectivity index (χ1) is 19.6. The number of hydrogen-bond donors (Lipinski definition) is 4. The number of nitrogens with one attached hydrogen (secondary N) is 2. The minimum Gasteiger partial charge on any atom is -0.390 e. The maximum atomic E-state index is 12.7. The molecule has 9 nitrogen and oxygen atoms in total. The number of pyridine rings is 1. The quantitative estimate of drug-likeness (QED) is 0.247. The highest BCUT2D eigenvalue weighted by Gasteiger charge is 2.43. The molecule has 0 spiro atoms. The molecule has 41 heavy (non-hydrogen) atoms. The number of aliphatic hydroxyl groups is 2. The van der Waals surface area contributed by atoms with Crippen LogP contribution in [0.5, 0.6) is 0 Å². The zero-order valence-corrected chi connectivity index (χ0v) is 25.3. The third-order valence-corrected chi connectivity index (χ3v) is 9.76. The van der Waals surface area contributed by atoms with Crippen molar-refractivity contribution >= 4 is 39.1 Å². The molecule has 0 radical (unpaired) electrons. The van der Waals surface area contributed by atoms with Crippen molar-refractivity contribution in [3.8, 4) is 10.6 Å². The summed E-state index contributed by atoms with van der Waals surface area (Å²) >= 11 is 1.60. The summed E-state index contributed by atoms with van der Waals surface area (Å²) in [7, 11) is 0. The molecule has 0 unspecified atom stereocenters. The highest BCUT2D eigenvalue weighted by Crippen LogP contribution is 2.45. The fourth-order valence-corrected chi connectivity index (χ4v) is 7.25. The van der Waals surface area contributed by atoms with Crippen molar-refractivity contribution in [2.45, 2.75) is 103 Å². The summed E-state index contributed by atoms with van der Waals surface area (Å²) in [5.74, 6) is 2.07. The number of nitrogens with zero attached hydrogens (tertiary/aromatic N) is 4. The van der Waals surface area contributed by atoms with Gasteiger partial charge in [-0.05, 0) is 62.3 Å². The molecule has 0 aliphatic heterocycles. The van der Waals surface area contributed by atoms with Crippen molar-refractivity contribution in [2.24, 2.45) is 17.3 Å². The van der Waals surface area contributed by atoms with E-state index in [1.165, 1.54) is 19.3 Å². The Kier molecular flexibility index (Phi) is 7.76. The van der Waals surface area contributed by atoms with E-state index < -0.39 is 18.2 Å². The fraction of sp³-hybridized carbons (Fsp3) is 0.645. The van der Waals surface area contributed by atoms with Gasteiger partial charge < -0.3 is 20.8 Å². The summed E-state index contributed by atoms with van der Waals surface area (Å²) in [4.78, 5) is 32.1. The predicted molar refractivity (Wildman–Crippen MR) is 162 cm³/mol. The molecule has 3 fully saturated rings. The van der Waals surface area contributed by atoms with Crippen LogP contribution < -0.4 is 10.6 Å². The van der Waals surface area contributed by atoms with Gasteiger partial charge in [-0.3, -0.25) is 9.78 Å². The SMILES string of the molecule is Cc1nc(NCC2CCC2)nc(N[C@@H]2C[C@H](CC(=O)CC(C)(C)C)[C@@H](O)[C@H]2O)c1-c1nc2c(C3CC3)nccc2s1. The van der Waals surface area contributed by atoms with Crippen LogP contribution in [0.15, 0.2) is 12.3 Å². The van der Waals surface area contributed by atoms with E-state index in [9.17, 15) is 15.0 Å². The summed E-state index contributed by atoms with van der Waals surface area (Å²) in [5, 5.41) is 29.7. The molecule has 4 N–H and O–H groups in total. The van der Waals surface area contributed by atoms with Gasteiger partial charge in [0.2, 0.25) is 5.95 Å². The van der Waals surface area contributed by atoms with E-state index in [1.807, 2.05) is 40.0 Å². The highest BCUT2D eigenvalue weighted by molar-refractivity contribution is 7.21. The standard InChI is InChI=1S/C31H42N6O3S/c1-16-23(29-36-25-22(41-29)10-11-32-24(25)18-8-9-18)28(37-30(34-16)33-15-17-6-5-7-17)35-21-13-19(26(39)27(21)40)12-20(38)14-31(2,3)4/h10-11,17-19,21,26-27,39-40H,5-9,12-15H2,1-4H3,(H2,33,34,35,37)/t19-,21+,26+,27-/m0/s1. The van der Waals surface area contributed by atoms with E-state index >= 15 is 0 Å². The normalized spacial score (nSPS) is 24.9. The van der Waals surface area contributed by atoms with Crippen LogP contribution in [-0.4, -0.2) is 60.7 Å². The molecule has 3 saturated carbocycles. The number of rotatable bonds is 10. The minimum absolute atomic E-state index is 0.112. The van der Waals surface area contributed by atoms with Gasteiger partial charge in [0.05, 0.1) is 33.8 Å². The van der Waals surface area contributed by atoms with Gasteiger partial charge in [0.25, 0.3) is 0 Å². The lowest BCUT2D eigenvalue weighted by molar-refractivity contribution is -0.122. The molecule has 3 aromatic rings. The molecule has 0 bridgehead atoms. The number of ketones is 1. The number of aromatic nitrogens is 4. The summed E-state index contributed by atoms with van der Waals surface area (Å²) in [6.07, 6.45) is 7.07. The molecular formula is C31H42N6O3S. The zero-order valence-electron chi connectivity index (χ0n) is 24.5. The topological polar surface area (TPSA) is 133 Å². The molecule has 4 atom stereocenters. The van der Waals surface area contributed by atoms with E-state index in [2.05, 4.69) is 15.6 Å². The van der Waals surface area contributed by atoms with Gasteiger partial charge in [-0.2, -0.15) is 4.98 Å². The molecule has 0 amide bonds. The second-order valence-electron chi connectivity index (χ2n) is 13.6. The van der Waals surface area contributed by atoms with Crippen LogP contribution in [0.25, 0.3) is 20.8 Å². The smallest absolute Gasteiger partial charge is 0.224 e. The van der Waals surface area contributed by atoms with E-state index in [4.69, 9.17) is 15.0 Å². The highest BCUT2D eigenvalue weighted by atomic mass is 32.1. The Hall–Kier alpha value is -2.69.